The second kappa shape index (κ2) is 6.31. The van der Waals surface area contributed by atoms with Gasteiger partial charge >= 0.3 is 0 Å². The van der Waals surface area contributed by atoms with Crippen LogP contribution in [0.4, 0.5) is 0 Å². The van der Waals surface area contributed by atoms with Crippen molar-refractivity contribution in [2.45, 2.75) is 32.9 Å². The summed E-state index contributed by atoms with van der Waals surface area (Å²) in [5, 5.41) is 3.53. The fourth-order valence-electron chi connectivity index (χ4n) is 2.04. The molecule has 1 aromatic carbocycles. The molecule has 0 aliphatic rings. The normalized spacial score (nSPS) is 12.3. The highest BCUT2D eigenvalue weighted by Gasteiger charge is 2.05. The van der Waals surface area contributed by atoms with Gasteiger partial charge in [0.2, 0.25) is 0 Å². The fourth-order valence-corrected chi connectivity index (χ4v) is 2.04. The van der Waals surface area contributed by atoms with Gasteiger partial charge in [0.1, 0.15) is 0 Å². The Bertz CT molecular complexity index is 479. The smallest absolute Gasteiger partial charge is 0.0312 e. The van der Waals surface area contributed by atoms with Gasteiger partial charge in [-0.1, -0.05) is 30.3 Å². The molecule has 2 rings (SSSR count). The van der Waals surface area contributed by atoms with Gasteiger partial charge in [0, 0.05) is 25.0 Å². The molecule has 0 aliphatic carbocycles. The summed E-state index contributed by atoms with van der Waals surface area (Å²) in [6, 6.07) is 13.1. The van der Waals surface area contributed by atoms with Crippen LogP contribution in [0.2, 0.25) is 0 Å². The highest BCUT2D eigenvalue weighted by molar-refractivity contribution is 5.26. The Morgan fingerprint density at radius 1 is 1.17 bits per heavy atom. The molecule has 0 bridgehead atoms. The average molecular weight is 240 g/mol. The van der Waals surface area contributed by atoms with Crippen LogP contribution in [0.1, 0.15) is 23.6 Å². The van der Waals surface area contributed by atoms with Crippen LogP contribution in [0.25, 0.3) is 0 Å². The third-order valence-electron chi connectivity index (χ3n) is 3.16. The van der Waals surface area contributed by atoms with Crippen LogP contribution in [0.15, 0.2) is 48.8 Å². The van der Waals surface area contributed by atoms with E-state index in [1.54, 1.807) is 6.20 Å². The first kappa shape index (κ1) is 12.8. The second-order valence-electron chi connectivity index (χ2n) is 4.77. The maximum atomic E-state index is 4.12. The van der Waals surface area contributed by atoms with Gasteiger partial charge in [0.15, 0.2) is 0 Å². The van der Waals surface area contributed by atoms with Gasteiger partial charge < -0.3 is 5.32 Å². The van der Waals surface area contributed by atoms with Crippen LogP contribution in [0.3, 0.4) is 0 Å². The first-order chi connectivity index (χ1) is 8.75. The Labute approximate surface area is 109 Å². The molecule has 2 nitrogen and oxygen atoms in total. The summed E-state index contributed by atoms with van der Waals surface area (Å²) in [5.74, 6) is 0. The Balaban J connectivity index is 1.86. The number of hydrogen-bond acceptors (Lipinski definition) is 2. The molecule has 0 amide bonds. The molecule has 94 valence electrons. The van der Waals surface area contributed by atoms with Crippen molar-refractivity contribution >= 4 is 0 Å². The van der Waals surface area contributed by atoms with E-state index >= 15 is 0 Å². The third-order valence-corrected chi connectivity index (χ3v) is 3.16. The minimum Gasteiger partial charge on any atom is -0.310 e. The van der Waals surface area contributed by atoms with Crippen LogP contribution >= 0.6 is 0 Å². The first-order valence-electron chi connectivity index (χ1n) is 6.42. The van der Waals surface area contributed by atoms with E-state index in [2.05, 4.69) is 54.5 Å². The van der Waals surface area contributed by atoms with Gasteiger partial charge in [0.05, 0.1) is 0 Å². The number of hydrogen-bond donors (Lipinski definition) is 1. The van der Waals surface area contributed by atoms with Gasteiger partial charge in [-0.3, -0.25) is 4.98 Å². The van der Waals surface area contributed by atoms with Gasteiger partial charge in [-0.05, 0) is 43.0 Å². The fraction of sp³-hybridized carbons (Fsp3) is 0.312. The molecular formula is C16H20N2. The highest BCUT2D eigenvalue weighted by atomic mass is 14.9. The maximum absolute atomic E-state index is 4.12. The van der Waals surface area contributed by atoms with E-state index in [1.165, 1.54) is 16.7 Å². The molecule has 0 spiro atoms. The molecule has 1 N–H and O–H groups in total. The first-order valence-corrected chi connectivity index (χ1v) is 6.42. The molecule has 18 heavy (non-hydrogen) atoms. The zero-order valence-corrected chi connectivity index (χ0v) is 11.1. The van der Waals surface area contributed by atoms with Crippen LogP contribution in [-0.2, 0) is 13.0 Å². The lowest BCUT2D eigenvalue weighted by Crippen LogP contribution is -2.27. The van der Waals surface area contributed by atoms with Gasteiger partial charge in [-0.15, -0.1) is 0 Å². The van der Waals surface area contributed by atoms with Crippen LogP contribution in [0, 0.1) is 6.92 Å². The molecule has 0 aliphatic heterocycles. The van der Waals surface area contributed by atoms with Crippen LogP contribution in [-0.4, -0.2) is 11.0 Å². The Morgan fingerprint density at radius 3 is 2.72 bits per heavy atom. The van der Waals surface area contributed by atoms with Gasteiger partial charge in [-0.2, -0.15) is 0 Å². The standard InChI is InChI=1S/C16H20N2/c1-13-6-3-4-8-16(13)10-14(2)18-12-15-7-5-9-17-11-15/h3-9,11,14,18H,10,12H2,1-2H3. The van der Waals surface area contributed by atoms with Crippen molar-refractivity contribution in [1.29, 1.82) is 0 Å². The molecule has 0 fully saturated rings. The summed E-state index contributed by atoms with van der Waals surface area (Å²) in [6.07, 6.45) is 4.78. The lowest BCUT2D eigenvalue weighted by atomic mass is 10.0. The van der Waals surface area contributed by atoms with Crippen LogP contribution in [0.5, 0.6) is 0 Å². The molecule has 0 saturated carbocycles. The molecule has 0 saturated heterocycles. The van der Waals surface area contributed by atoms with E-state index in [0.717, 1.165) is 13.0 Å². The number of benzene rings is 1. The molecule has 1 unspecified atom stereocenters. The Kier molecular flexibility index (Phi) is 4.48. The molecule has 1 atom stereocenters. The number of pyridine rings is 1. The largest absolute Gasteiger partial charge is 0.310 e. The summed E-state index contributed by atoms with van der Waals surface area (Å²) in [5.41, 5.74) is 4.02. The summed E-state index contributed by atoms with van der Waals surface area (Å²) in [7, 11) is 0. The second-order valence-corrected chi connectivity index (χ2v) is 4.77. The zero-order chi connectivity index (χ0) is 12.8. The summed E-state index contributed by atoms with van der Waals surface area (Å²) in [4.78, 5) is 4.12. The summed E-state index contributed by atoms with van der Waals surface area (Å²) in [6.45, 7) is 5.27. The number of nitrogens with one attached hydrogen (secondary N) is 1. The van der Waals surface area contributed by atoms with Crippen molar-refractivity contribution in [2.24, 2.45) is 0 Å². The molecular weight excluding hydrogens is 220 g/mol. The molecule has 0 radical (unpaired) electrons. The highest BCUT2D eigenvalue weighted by Crippen LogP contribution is 2.09. The number of aromatic nitrogens is 1. The van der Waals surface area contributed by atoms with E-state index in [1.807, 2.05) is 12.3 Å². The summed E-state index contributed by atoms with van der Waals surface area (Å²) >= 11 is 0. The van der Waals surface area contributed by atoms with Crippen LogP contribution < -0.4 is 5.32 Å². The molecule has 1 heterocycles. The Hall–Kier alpha value is -1.67. The van der Waals surface area contributed by atoms with Crippen molar-refractivity contribution in [3.05, 3.63) is 65.5 Å². The van der Waals surface area contributed by atoms with Crippen molar-refractivity contribution in [2.75, 3.05) is 0 Å². The van der Waals surface area contributed by atoms with Crippen molar-refractivity contribution in [3.63, 3.8) is 0 Å². The SMILES string of the molecule is Cc1ccccc1CC(C)NCc1cccnc1. The molecule has 2 heteroatoms. The van der Waals surface area contributed by atoms with E-state index in [9.17, 15) is 0 Å². The van der Waals surface area contributed by atoms with E-state index in [-0.39, 0.29) is 0 Å². The van der Waals surface area contributed by atoms with E-state index in [4.69, 9.17) is 0 Å². The predicted octanol–water partition coefficient (Wildman–Crippen LogP) is 3.11. The monoisotopic (exact) mass is 240 g/mol. The van der Waals surface area contributed by atoms with Gasteiger partial charge in [-0.25, -0.2) is 0 Å². The van der Waals surface area contributed by atoms with E-state index in [0.29, 0.717) is 6.04 Å². The molecule has 2 aromatic rings. The number of rotatable bonds is 5. The zero-order valence-electron chi connectivity index (χ0n) is 11.1. The lowest BCUT2D eigenvalue weighted by Gasteiger charge is -2.15. The molecule has 1 aromatic heterocycles. The maximum Gasteiger partial charge on any atom is 0.0312 e. The quantitative estimate of drug-likeness (QED) is 0.868. The number of nitrogens with zero attached hydrogens (tertiary/aromatic N) is 1. The topological polar surface area (TPSA) is 24.9 Å². The summed E-state index contributed by atoms with van der Waals surface area (Å²) < 4.78 is 0. The minimum absolute atomic E-state index is 0.464. The van der Waals surface area contributed by atoms with Crippen molar-refractivity contribution in [1.82, 2.24) is 10.3 Å². The number of aryl methyl sites for hydroxylation is 1. The van der Waals surface area contributed by atoms with Crippen molar-refractivity contribution in [3.8, 4) is 0 Å². The lowest BCUT2D eigenvalue weighted by molar-refractivity contribution is 0.544. The minimum atomic E-state index is 0.464. The Morgan fingerprint density at radius 2 is 2.00 bits per heavy atom. The van der Waals surface area contributed by atoms with Gasteiger partial charge in [0.25, 0.3) is 0 Å². The predicted molar refractivity (Wildman–Crippen MR) is 75.4 cm³/mol. The average Bonchev–Trinajstić information content (AvgIpc) is 2.40. The third kappa shape index (κ3) is 3.67. The van der Waals surface area contributed by atoms with E-state index < -0.39 is 0 Å². The van der Waals surface area contributed by atoms with Crippen molar-refractivity contribution < 1.29 is 0 Å².